The van der Waals surface area contributed by atoms with E-state index in [1.165, 1.54) is 0 Å². The van der Waals surface area contributed by atoms with Crippen LogP contribution in [0.2, 0.25) is 0 Å². The summed E-state index contributed by atoms with van der Waals surface area (Å²) in [6, 6.07) is 14.0. The van der Waals surface area contributed by atoms with Gasteiger partial charge in [0.2, 0.25) is 5.91 Å². The summed E-state index contributed by atoms with van der Waals surface area (Å²) < 4.78 is 11.8. The molecule has 1 saturated heterocycles. The van der Waals surface area contributed by atoms with Crippen LogP contribution in [0.15, 0.2) is 52.9 Å². The maximum absolute atomic E-state index is 12.0. The van der Waals surface area contributed by atoms with E-state index in [1.54, 1.807) is 60.4 Å². The number of likely N-dealkylation sites (tertiary alicyclic amines) is 1. The number of nitrogens with zero attached hydrogens (tertiary/aromatic N) is 1. The van der Waals surface area contributed by atoms with Crippen molar-refractivity contribution in [2.24, 2.45) is 5.73 Å². The fourth-order valence-electron chi connectivity index (χ4n) is 4.00. The number of amides is 1. The zero-order valence-electron chi connectivity index (χ0n) is 17.7. The van der Waals surface area contributed by atoms with Crippen LogP contribution in [0.1, 0.15) is 36.1 Å². The maximum Gasteiger partial charge on any atom is 0.311 e. The largest absolute Gasteiger partial charge is 0.489 e. The van der Waals surface area contributed by atoms with Gasteiger partial charge in [-0.15, -0.1) is 0 Å². The molecule has 0 spiro atoms. The number of rotatable bonds is 7. The number of nitrogen functional groups attached to an aromatic ring is 1. The van der Waals surface area contributed by atoms with Crippen LogP contribution < -0.4 is 10.5 Å². The molecular weight excluding hydrogens is 410 g/mol. The van der Waals surface area contributed by atoms with Crippen LogP contribution in [0.3, 0.4) is 0 Å². The van der Waals surface area contributed by atoms with Crippen molar-refractivity contribution in [1.82, 2.24) is 4.90 Å². The molecule has 0 bridgehead atoms. The lowest BCUT2D eigenvalue weighted by atomic mass is 9.94. The second kappa shape index (κ2) is 8.74. The molecule has 1 fully saturated rings. The zero-order chi connectivity index (χ0) is 22.8. The monoisotopic (exact) mass is 435 g/mol. The first-order chi connectivity index (χ1) is 15.3. The summed E-state index contributed by atoms with van der Waals surface area (Å²) in [7, 11) is 0. The Morgan fingerprint density at radius 1 is 1.25 bits per heavy atom. The third-order valence-electron chi connectivity index (χ3n) is 5.76. The number of fused-ring (bicyclic) bond motifs is 1. The second-order valence-electron chi connectivity index (χ2n) is 8.04. The number of nitrogens with one attached hydrogen (secondary N) is 1. The number of carboxylic acid groups (broad SMARTS) is 1. The van der Waals surface area contributed by atoms with Gasteiger partial charge >= 0.3 is 5.97 Å². The van der Waals surface area contributed by atoms with Crippen molar-refractivity contribution in [3.8, 4) is 5.75 Å². The highest BCUT2D eigenvalue weighted by Gasteiger charge is 2.26. The standard InChI is InChI=1S/C24H25N3O5/c1-14(28)27-9-8-19(13-27)31-18-5-2-15(3-6-18)21(24(29)30)12-20-11-17-10-16(23(25)26)4-7-22(17)32-20/h2-7,10-11,19,21H,8-9,12-13H2,1H3,(H3,25,26)(H,29,30)/t19-,21?/m0/s1. The molecule has 2 heterocycles. The number of hydrogen-bond donors (Lipinski definition) is 3. The van der Waals surface area contributed by atoms with Gasteiger partial charge in [-0.3, -0.25) is 15.0 Å². The SMILES string of the molecule is CC(=O)N1CC[C@H](Oc2ccc(C(Cc3cc4cc(C(=N)N)ccc4o3)C(=O)O)cc2)C1. The Morgan fingerprint density at radius 2 is 2.00 bits per heavy atom. The lowest BCUT2D eigenvalue weighted by Gasteiger charge is -2.16. The second-order valence-corrected chi connectivity index (χ2v) is 8.04. The molecule has 4 rings (SSSR count). The normalized spacial score (nSPS) is 16.8. The molecule has 2 aromatic carbocycles. The lowest BCUT2D eigenvalue weighted by molar-refractivity contribution is -0.138. The first kappa shape index (κ1) is 21.4. The minimum atomic E-state index is -0.948. The van der Waals surface area contributed by atoms with E-state index in [4.69, 9.17) is 20.3 Å². The van der Waals surface area contributed by atoms with E-state index in [2.05, 4.69) is 0 Å². The molecule has 1 amide bonds. The number of benzene rings is 2. The van der Waals surface area contributed by atoms with E-state index in [-0.39, 0.29) is 24.3 Å². The van der Waals surface area contributed by atoms with Gasteiger partial charge in [-0.2, -0.15) is 0 Å². The molecule has 0 radical (unpaired) electrons. The van der Waals surface area contributed by atoms with Crippen LogP contribution in [-0.4, -0.2) is 46.9 Å². The van der Waals surface area contributed by atoms with Crippen LogP contribution in [0.4, 0.5) is 0 Å². The number of ether oxygens (including phenoxy) is 1. The Hall–Kier alpha value is -3.81. The van der Waals surface area contributed by atoms with Gasteiger partial charge in [0, 0.05) is 37.3 Å². The van der Waals surface area contributed by atoms with Gasteiger partial charge in [0.15, 0.2) is 0 Å². The Kier molecular flexibility index (Phi) is 5.85. The summed E-state index contributed by atoms with van der Waals surface area (Å²) in [5, 5.41) is 18.1. The van der Waals surface area contributed by atoms with E-state index >= 15 is 0 Å². The molecule has 1 aromatic heterocycles. The number of carbonyl (C=O) groups is 2. The zero-order valence-corrected chi connectivity index (χ0v) is 17.7. The summed E-state index contributed by atoms with van der Waals surface area (Å²) in [6.45, 7) is 2.80. The highest BCUT2D eigenvalue weighted by molar-refractivity contribution is 5.98. The summed E-state index contributed by atoms with van der Waals surface area (Å²) in [5.41, 5.74) is 7.39. The van der Waals surface area contributed by atoms with Gasteiger partial charge in [0.1, 0.15) is 29.0 Å². The minimum Gasteiger partial charge on any atom is -0.489 e. The fourth-order valence-corrected chi connectivity index (χ4v) is 4.00. The molecule has 4 N–H and O–H groups in total. The van der Waals surface area contributed by atoms with E-state index in [9.17, 15) is 14.7 Å². The van der Waals surface area contributed by atoms with Crippen molar-refractivity contribution < 1.29 is 23.8 Å². The molecule has 8 nitrogen and oxygen atoms in total. The third-order valence-corrected chi connectivity index (χ3v) is 5.76. The topological polar surface area (TPSA) is 130 Å². The molecule has 0 saturated carbocycles. The lowest BCUT2D eigenvalue weighted by Crippen LogP contribution is -2.28. The van der Waals surface area contributed by atoms with Crippen LogP contribution in [0, 0.1) is 5.41 Å². The van der Waals surface area contributed by atoms with Crippen LogP contribution >= 0.6 is 0 Å². The predicted octanol–water partition coefficient (Wildman–Crippen LogP) is 3.13. The third kappa shape index (κ3) is 4.59. The molecule has 1 unspecified atom stereocenters. The van der Waals surface area contributed by atoms with Crippen molar-refractivity contribution in [3.63, 3.8) is 0 Å². The first-order valence-corrected chi connectivity index (χ1v) is 10.4. The maximum atomic E-state index is 12.0. The van der Waals surface area contributed by atoms with Gasteiger partial charge < -0.3 is 24.9 Å². The van der Waals surface area contributed by atoms with Crippen LogP contribution in [0.25, 0.3) is 11.0 Å². The Labute approximate surface area is 185 Å². The Balaban J connectivity index is 1.47. The van der Waals surface area contributed by atoms with E-state index in [0.29, 0.717) is 41.3 Å². The number of furan rings is 1. The van der Waals surface area contributed by atoms with Gasteiger partial charge in [-0.05, 0) is 42.0 Å². The van der Waals surface area contributed by atoms with Gasteiger partial charge in [-0.1, -0.05) is 12.1 Å². The number of amidine groups is 1. The van der Waals surface area contributed by atoms with Crippen molar-refractivity contribution in [1.29, 1.82) is 5.41 Å². The highest BCUT2D eigenvalue weighted by atomic mass is 16.5. The smallest absolute Gasteiger partial charge is 0.311 e. The number of aliphatic carboxylic acids is 1. The first-order valence-electron chi connectivity index (χ1n) is 10.4. The average Bonchev–Trinajstić information content (AvgIpc) is 3.38. The summed E-state index contributed by atoms with van der Waals surface area (Å²) in [4.78, 5) is 25.2. The van der Waals surface area contributed by atoms with Crippen molar-refractivity contribution in [2.45, 2.75) is 31.8 Å². The molecule has 2 atom stereocenters. The molecule has 1 aliphatic heterocycles. The quantitative estimate of drug-likeness (QED) is 0.386. The molecule has 32 heavy (non-hydrogen) atoms. The molecule has 1 aliphatic rings. The molecule has 8 heteroatoms. The van der Waals surface area contributed by atoms with Gasteiger partial charge in [0.05, 0.1) is 12.5 Å². The summed E-state index contributed by atoms with van der Waals surface area (Å²) in [5.74, 6) is -0.531. The van der Waals surface area contributed by atoms with Crippen molar-refractivity contribution >= 4 is 28.7 Å². The predicted molar refractivity (Wildman–Crippen MR) is 119 cm³/mol. The van der Waals surface area contributed by atoms with E-state index in [1.807, 2.05) is 0 Å². The number of hydrogen-bond acceptors (Lipinski definition) is 5. The Morgan fingerprint density at radius 3 is 2.62 bits per heavy atom. The van der Waals surface area contributed by atoms with Gasteiger partial charge in [0.25, 0.3) is 0 Å². The summed E-state index contributed by atoms with van der Waals surface area (Å²) in [6.07, 6.45) is 0.905. The number of carbonyl (C=O) groups excluding carboxylic acids is 1. The van der Waals surface area contributed by atoms with Crippen molar-refractivity contribution in [2.75, 3.05) is 13.1 Å². The summed E-state index contributed by atoms with van der Waals surface area (Å²) >= 11 is 0. The van der Waals surface area contributed by atoms with E-state index < -0.39 is 11.9 Å². The number of nitrogens with two attached hydrogens (primary N) is 1. The highest BCUT2D eigenvalue weighted by Crippen LogP contribution is 2.28. The van der Waals surface area contributed by atoms with Gasteiger partial charge in [-0.25, -0.2) is 0 Å². The average molecular weight is 435 g/mol. The van der Waals surface area contributed by atoms with Crippen LogP contribution in [0.5, 0.6) is 5.75 Å². The molecule has 166 valence electrons. The van der Waals surface area contributed by atoms with Crippen molar-refractivity contribution in [3.05, 3.63) is 65.4 Å². The molecule has 3 aromatic rings. The fraction of sp³-hybridized carbons (Fsp3) is 0.292. The number of carboxylic acids is 1. The minimum absolute atomic E-state index is 0.0352. The Bertz CT molecular complexity index is 1170. The molecular formula is C24H25N3O5. The van der Waals surface area contributed by atoms with Crippen LogP contribution in [-0.2, 0) is 16.0 Å². The van der Waals surface area contributed by atoms with E-state index in [0.717, 1.165) is 11.8 Å². The molecule has 0 aliphatic carbocycles.